The number of likely N-dealkylation sites (tertiary alicyclic amines) is 2. The average molecular weight is 265 g/mol. The van der Waals surface area contributed by atoms with Gasteiger partial charge in [0.2, 0.25) is 0 Å². The summed E-state index contributed by atoms with van der Waals surface area (Å²) in [6.45, 7) is 11.9. The summed E-state index contributed by atoms with van der Waals surface area (Å²) in [5, 5.41) is 0. The lowest BCUT2D eigenvalue weighted by Crippen LogP contribution is -2.60. The van der Waals surface area contributed by atoms with Crippen LogP contribution in [0.5, 0.6) is 0 Å². The van der Waals surface area contributed by atoms with Crippen LogP contribution in [0.4, 0.5) is 0 Å². The van der Waals surface area contributed by atoms with Crippen LogP contribution >= 0.6 is 0 Å². The van der Waals surface area contributed by atoms with Gasteiger partial charge in [0.05, 0.1) is 5.66 Å². The van der Waals surface area contributed by atoms with Gasteiger partial charge >= 0.3 is 0 Å². The second-order valence-electron chi connectivity index (χ2n) is 6.39. The summed E-state index contributed by atoms with van der Waals surface area (Å²) in [5.74, 6) is 0. The highest BCUT2D eigenvalue weighted by Crippen LogP contribution is 2.32. The van der Waals surface area contributed by atoms with Crippen molar-refractivity contribution in [3.05, 3.63) is 6.92 Å². The molecule has 111 valence electrons. The Morgan fingerprint density at radius 1 is 0.737 bits per heavy atom. The smallest absolute Gasteiger partial charge is 0.0735 e. The number of nitrogens with zero attached hydrogens (tertiary/aromatic N) is 2. The standard InChI is InChI=1S/C17H33N2/c1-3-17(4-2,18-13-9-5-6-10-14-18)19-15-11-7-8-12-16-19/h1,3-16H2,2H3. The molecule has 2 heterocycles. The fourth-order valence-corrected chi connectivity index (χ4v) is 4.11. The van der Waals surface area contributed by atoms with Gasteiger partial charge in [0.25, 0.3) is 0 Å². The van der Waals surface area contributed by atoms with E-state index in [2.05, 4.69) is 23.6 Å². The van der Waals surface area contributed by atoms with Crippen molar-refractivity contribution in [2.75, 3.05) is 26.2 Å². The van der Waals surface area contributed by atoms with E-state index in [-0.39, 0.29) is 5.66 Å². The quantitative estimate of drug-likeness (QED) is 0.756. The molecule has 2 rings (SSSR count). The normalized spacial score (nSPS) is 24.9. The summed E-state index contributed by atoms with van der Waals surface area (Å²) in [6.07, 6.45) is 13.5. The third kappa shape index (κ3) is 3.52. The molecule has 0 spiro atoms. The van der Waals surface area contributed by atoms with Crippen LogP contribution in [0.15, 0.2) is 0 Å². The van der Waals surface area contributed by atoms with E-state index in [0.717, 1.165) is 6.42 Å². The zero-order valence-corrected chi connectivity index (χ0v) is 13.0. The van der Waals surface area contributed by atoms with Crippen LogP contribution in [-0.4, -0.2) is 41.6 Å². The third-order valence-corrected chi connectivity index (χ3v) is 5.36. The van der Waals surface area contributed by atoms with E-state index < -0.39 is 0 Å². The summed E-state index contributed by atoms with van der Waals surface area (Å²) < 4.78 is 0. The van der Waals surface area contributed by atoms with Crippen LogP contribution in [0.1, 0.15) is 71.1 Å². The maximum absolute atomic E-state index is 4.36. The first-order valence-corrected chi connectivity index (χ1v) is 8.63. The van der Waals surface area contributed by atoms with E-state index in [1.807, 2.05) is 0 Å². The van der Waals surface area contributed by atoms with Gasteiger partial charge in [0, 0.05) is 0 Å². The third-order valence-electron chi connectivity index (χ3n) is 5.36. The minimum Gasteiger partial charge on any atom is -0.285 e. The number of rotatable bonds is 4. The highest BCUT2D eigenvalue weighted by atomic mass is 15.4. The van der Waals surface area contributed by atoms with E-state index in [1.165, 1.54) is 84.0 Å². The second kappa shape index (κ2) is 7.64. The zero-order chi connectivity index (χ0) is 13.6. The van der Waals surface area contributed by atoms with Crippen molar-refractivity contribution < 1.29 is 0 Å². The van der Waals surface area contributed by atoms with Gasteiger partial charge in [-0.3, -0.25) is 9.80 Å². The molecule has 2 nitrogen and oxygen atoms in total. The van der Waals surface area contributed by atoms with E-state index in [4.69, 9.17) is 0 Å². The Bertz CT molecular complexity index is 210. The highest BCUT2D eigenvalue weighted by molar-refractivity contribution is 4.92. The molecule has 0 atom stereocenters. The molecule has 0 aromatic rings. The Kier molecular flexibility index (Phi) is 6.15. The Morgan fingerprint density at radius 2 is 1.11 bits per heavy atom. The lowest BCUT2D eigenvalue weighted by atomic mass is 9.97. The molecule has 2 aliphatic rings. The number of hydrogen-bond donors (Lipinski definition) is 0. The van der Waals surface area contributed by atoms with Crippen LogP contribution in [0.25, 0.3) is 0 Å². The van der Waals surface area contributed by atoms with E-state index in [1.54, 1.807) is 0 Å². The van der Waals surface area contributed by atoms with Gasteiger partial charge in [-0.25, -0.2) is 0 Å². The Labute approximate surface area is 120 Å². The summed E-state index contributed by atoms with van der Waals surface area (Å²) in [6, 6.07) is 0. The molecule has 2 fully saturated rings. The molecule has 0 amide bonds. The molecule has 2 heteroatoms. The Hall–Kier alpha value is -0.0800. The molecule has 2 aliphatic heterocycles. The van der Waals surface area contributed by atoms with Gasteiger partial charge in [0.15, 0.2) is 0 Å². The van der Waals surface area contributed by atoms with Crippen LogP contribution in [0.2, 0.25) is 0 Å². The summed E-state index contributed by atoms with van der Waals surface area (Å²) >= 11 is 0. The molecule has 0 aromatic carbocycles. The molecule has 0 saturated carbocycles. The van der Waals surface area contributed by atoms with Gasteiger partial charge < -0.3 is 0 Å². The maximum Gasteiger partial charge on any atom is 0.0735 e. The molecular weight excluding hydrogens is 232 g/mol. The van der Waals surface area contributed by atoms with Crippen molar-refractivity contribution in [3.63, 3.8) is 0 Å². The average Bonchev–Trinajstić information content (AvgIpc) is 2.86. The topological polar surface area (TPSA) is 6.48 Å². The highest BCUT2D eigenvalue weighted by Gasteiger charge is 2.39. The fourth-order valence-electron chi connectivity index (χ4n) is 4.11. The molecule has 1 radical (unpaired) electrons. The van der Waals surface area contributed by atoms with Crippen LogP contribution in [-0.2, 0) is 0 Å². The first-order chi connectivity index (χ1) is 9.33. The first-order valence-electron chi connectivity index (χ1n) is 8.63. The monoisotopic (exact) mass is 265 g/mol. The van der Waals surface area contributed by atoms with Gasteiger partial charge in [-0.2, -0.15) is 0 Å². The van der Waals surface area contributed by atoms with Crippen LogP contribution in [0.3, 0.4) is 0 Å². The van der Waals surface area contributed by atoms with Crippen molar-refractivity contribution in [1.82, 2.24) is 9.80 Å². The van der Waals surface area contributed by atoms with Gasteiger partial charge in [-0.1, -0.05) is 39.5 Å². The number of hydrogen-bond acceptors (Lipinski definition) is 2. The van der Waals surface area contributed by atoms with Crippen molar-refractivity contribution >= 4 is 0 Å². The fraction of sp³-hybridized carbons (Fsp3) is 0.941. The van der Waals surface area contributed by atoms with Crippen molar-refractivity contribution in [2.24, 2.45) is 0 Å². The lowest BCUT2D eigenvalue weighted by molar-refractivity contribution is -0.0596. The van der Waals surface area contributed by atoms with Crippen molar-refractivity contribution in [2.45, 2.75) is 76.8 Å². The SMILES string of the molecule is [CH2]CC(CC)(N1CCCCCC1)N1CCCCCC1. The molecule has 2 saturated heterocycles. The van der Waals surface area contributed by atoms with Gasteiger partial charge in [0.1, 0.15) is 0 Å². The Morgan fingerprint density at radius 3 is 1.37 bits per heavy atom. The molecule has 0 N–H and O–H groups in total. The molecule has 0 aliphatic carbocycles. The lowest BCUT2D eigenvalue weighted by Gasteiger charge is -2.50. The molecule has 0 aromatic heterocycles. The van der Waals surface area contributed by atoms with Crippen LogP contribution < -0.4 is 0 Å². The summed E-state index contributed by atoms with van der Waals surface area (Å²) in [4.78, 5) is 5.58. The van der Waals surface area contributed by atoms with E-state index in [9.17, 15) is 0 Å². The molecule has 0 unspecified atom stereocenters. The molecule has 19 heavy (non-hydrogen) atoms. The molecule has 0 bridgehead atoms. The predicted molar refractivity (Wildman–Crippen MR) is 83.1 cm³/mol. The predicted octanol–water partition coefficient (Wildman–Crippen LogP) is 4.07. The van der Waals surface area contributed by atoms with Crippen molar-refractivity contribution in [3.8, 4) is 0 Å². The summed E-state index contributed by atoms with van der Waals surface area (Å²) in [7, 11) is 0. The van der Waals surface area contributed by atoms with Gasteiger partial charge in [-0.05, 0) is 64.7 Å². The maximum atomic E-state index is 4.36. The summed E-state index contributed by atoms with van der Waals surface area (Å²) in [5.41, 5.74) is 0.259. The minimum atomic E-state index is 0.259. The van der Waals surface area contributed by atoms with Crippen molar-refractivity contribution in [1.29, 1.82) is 0 Å². The van der Waals surface area contributed by atoms with E-state index >= 15 is 0 Å². The minimum absolute atomic E-state index is 0.259. The Balaban J connectivity index is 2.13. The first kappa shape index (κ1) is 15.3. The van der Waals surface area contributed by atoms with E-state index in [0.29, 0.717) is 0 Å². The second-order valence-corrected chi connectivity index (χ2v) is 6.39. The largest absolute Gasteiger partial charge is 0.285 e. The van der Waals surface area contributed by atoms with Gasteiger partial charge in [-0.15, -0.1) is 0 Å². The zero-order valence-electron chi connectivity index (χ0n) is 13.0. The van der Waals surface area contributed by atoms with Crippen LogP contribution in [0, 0.1) is 6.92 Å². The molecular formula is C17H33N2.